The summed E-state index contributed by atoms with van der Waals surface area (Å²) in [6.07, 6.45) is 4.95. The molecule has 1 aliphatic carbocycles. The first-order valence-corrected chi connectivity index (χ1v) is 11.6. The van der Waals surface area contributed by atoms with E-state index in [0.29, 0.717) is 18.7 Å². The van der Waals surface area contributed by atoms with Gasteiger partial charge >= 0.3 is 5.97 Å². The van der Waals surface area contributed by atoms with E-state index in [1.165, 1.54) is 18.2 Å². The lowest BCUT2D eigenvalue weighted by atomic mass is 9.87. The molecule has 1 saturated heterocycles. The van der Waals surface area contributed by atoms with Crippen molar-refractivity contribution in [1.29, 1.82) is 0 Å². The van der Waals surface area contributed by atoms with Crippen LogP contribution in [0.4, 0.5) is 0 Å². The highest BCUT2D eigenvalue weighted by molar-refractivity contribution is 5.94. The van der Waals surface area contributed by atoms with E-state index in [0.717, 1.165) is 50.0 Å². The molecule has 0 saturated carbocycles. The first kappa shape index (κ1) is 23.3. The second kappa shape index (κ2) is 11.3. The molecule has 7 heteroatoms. The van der Waals surface area contributed by atoms with Crippen LogP contribution in [-0.2, 0) is 33.7 Å². The van der Waals surface area contributed by atoms with Crippen LogP contribution >= 0.6 is 0 Å². The van der Waals surface area contributed by atoms with Crippen LogP contribution in [0.15, 0.2) is 42.5 Å². The quantitative estimate of drug-likeness (QED) is 0.569. The molecule has 0 aromatic heterocycles. The Kier molecular flexibility index (Phi) is 7.96. The lowest BCUT2D eigenvalue weighted by Gasteiger charge is -2.26. The van der Waals surface area contributed by atoms with E-state index in [1.54, 1.807) is 0 Å². The predicted molar refractivity (Wildman–Crippen MR) is 124 cm³/mol. The van der Waals surface area contributed by atoms with E-state index in [2.05, 4.69) is 33.6 Å². The van der Waals surface area contributed by atoms with Gasteiger partial charge in [0.25, 0.3) is 5.91 Å². The molecule has 2 aromatic rings. The van der Waals surface area contributed by atoms with Crippen LogP contribution in [0.2, 0.25) is 0 Å². The number of carbonyl (C=O) groups excluding carboxylic acids is 2. The second-order valence-corrected chi connectivity index (χ2v) is 8.67. The number of carbonyl (C=O) groups is 2. The van der Waals surface area contributed by atoms with E-state index < -0.39 is 0 Å². The van der Waals surface area contributed by atoms with Crippen molar-refractivity contribution in [3.8, 4) is 5.75 Å². The monoisotopic (exact) mass is 452 g/mol. The number of methoxy groups -OCH3 is 1. The molecule has 1 amide bonds. The zero-order valence-corrected chi connectivity index (χ0v) is 19.1. The van der Waals surface area contributed by atoms with Gasteiger partial charge in [-0.05, 0) is 73.1 Å². The summed E-state index contributed by atoms with van der Waals surface area (Å²) in [5.41, 5.74) is 4.35. The Labute approximate surface area is 194 Å². The molecular formula is C26H32N2O5. The van der Waals surface area contributed by atoms with E-state index in [4.69, 9.17) is 9.47 Å². The average molecular weight is 453 g/mol. The third-order valence-electron chi connectivity index (χ3n) is 6.24. The number of benzene rings is 2. The second-order valence-electron chi connectivity index (χ2n) is 8.67. The minimum absolute atomic E-state index is 0.0576. The molecule has 7 nitrogen and oxygen atoms in total. The molecule has 1 fully saturated rings. The van der Waals surface area contributed by atoms with Gasteiger partial charge in [-0.3, -0.25) is 9.59 Å². The fourth-order valence-corrected chi connectivity index (χ4v) is 4.36. The Bertz CT molecular complexity index is 954. The molecule has 2 aromatic carbocycles. The third-order valence-corrected chi connectivity index (χ3v) is 6.24. The topological polar surface area (TPSA) is 85.9 Å². The van der Waals surface area contributed by atoms with Crippen LogP contribution in [0.25, 0.3) is 0 Å². The summed E-state index contributed by atoms with van der Waals surface area (Å²) in [6, 6.07) is 13.8. The minimum atomic E-state index is -0.271. The van der Waals surface area contributed by atoms with Gasteiger partial charge in [-0.1, -0.05) is 18.2 Å². The predicted octanol–water partition coefficient (Wildman–Crippen LogP) is 2.79. The lowest BCUT2D eigenvalue weighted by Crippen LogP contribution is -2.38. The summed E-state index contributed by atoms with van der Waals surface area (Å²) >= 11 is 0. The standard InChI is InChI=1S/C26H32N2O5/c1-31-25(29)16-27-15-18-4-5-21-14-22(9-6-20(21)13-18)28-26(30)19-7-10-23(11-8-19)33-17-24-3-2-12-32-24/h4-5,7-8,10-11,13,22,24,27H,2-3,6,9,12,14-17H2,1H3,(H,28,30)/t22-,24-/m0/s1. The maximum Gasteiger partial charge on any atom is 0.319 e. The number of hydrogen-bond donors (Lipinski definition) is 2. The van der Waals surface area contributed by atoms with E-state index in [9.17, 15) is 9.59 Å². The summed E-state index contributed by atoms with van der Waals surface area (Å²) in [4.78, 5) is 24.0. The Morgan fingerprint density at radius 1 is 1.09 bits per heavy atom. The van der Waals surface area contributed by atoms with Crippen molar-refractivity contribution in [3.05, 3.63) is 64.7 Å². The van der Waals surface area contributed by atoms with Crippen molar-refractivity contribution in [2.45, 2.75) is 50.8 Å². The number of aryl methyl sites for hydroxylation is 1. The molecule has 1 aliphatic heterocycles. The normalized spacial score (nSPS) is 19.5. The summed E-state index contributed by atoms with van der Waals surface area (Å²) in [6.45, 7) is 2.18. The molecule has 0 spiro atoms. The Morgan fingerprint density at radius 3 is 2.70 bits per heavy atom. The number of ether oxygens (including phenoxy) is 3. The summed E-state index contributed by atoms with van der Waals surface area (Å²) in [7, 11) is 1.38. The van der Waals surface area contributed by atoms with Crippen molar-refractivity contribution in [1.82, 2.24) is 10.6 Å². The van der Waals surface area contributed by atoms with Gasteiger partial charge in [0.15, 0.2) is 0 Å². The summed E-state index contributed by atoms with van der Waals surface area (Å²) in [5.74, 6) is 0.427. The fourth-order valence-electron chi connectivity index (χ4n) is 4.36. The molecule has 176 valence electrons. The number of amides is 1. The molecule has 2 N–H and O–H groups in total. The van der Waals surface area contributed by atoms with Crippen LogP contribution in [0.1, 0.15) is 46.3 Å². The van der Waals surface area contributed by atoms with Crippen molar-refractivity contribution >= 4 is 11.9 Å². The number of hydrogen-bond acceptors (Lipinski definition) is 6. The molecule has 2 atom stereocenters. The van der Waals surface area contributed by atoms with Crippen LogP contribution in [0.3, 0.4) is 0 Å². The van der Waals surface area contributed by atoms with Crippen LogP contribution in [0, 0.1) is 0 Å². The molecule has 0 bridgehead atoms. The highest BCUT2D eigenvalue weighted by Crippen LogP contribution is 2.23. The minimum Gasteiger partial charge on any atom is -0.491 e. The first-order valence-electron chi connectivity index (χ1n) is 11.6. The molecule has 4 rings (SSSR count). The summed E-state index contributed by atoms with van der Waals surface area (Å²) < 4.78 is 16.0. The first-order chi connectivity index (χ1) is 16.1. The number of esters is 1. The highest BCUT2D eigenvalue weighted by atomic mass is 16.5. The molecular weight excluding hydrogens is 420 g/mol. The smallest absolute Gasteiger partial charge is 0.319 e. The molecule has 0 unspecified atom stereocenters. The maximum absolute atomic E-state index is 12.7. The van der Waals surface area contributed by atoms with Gasteiger partial charge in [-0.15, -0.1) is 0 Å². The molecule has 0 radical (unpaired) electrons. The van der Waals surface area contributed by atoms with Crippen molar-refractivity contribution in [2.75, 3.05) is 26.9 Å². The largest absolute Gasteiger partial charge is 0.491 e. The average Bonchev–Trinajstić information content (AvgIpc) is 3.36. The van der Waals surface area contributed by atoms with Crippen molar-refractivity contribution < 1.29 is 23.8 Å². The van der Waals surface area contributed by atoms with E-state index >= 15 is 0 Å². The highest BCUT2D eigenvalue weighted by Gasteiger charge is 2.21. The van der Waals surface area contributed by atoms with Crippen molar-refractivity contribution in [3.63, 3.8) is 0 Å². The van der Waals surface area contributed by atoms with Gasteiger partial charge < -0.3 is 24.8 Å². The van der Waals surface area contributed by atoms with Gasteiger partial charge in [0, 0.05) is 24.8 Å². The van der Waals surface area contributed by atoms with E-state index in [-0.39, 0.29) is 30.6 Å². The van der Waals surface area contributed by atoms with Gasteiger partial charge in [-0.25, -0.2) is 0 Å². The molecule has 1 heterocycles. The van der Waals surface area contributed by atoms with Crippen molar-refractivity contribution in [2.24, 2.45) is 0 Å². The SMILES string of the molecule is COC(=O)CNCc1ccc2c(c1)CC[C@H](NC(=O)c1ccc(OC[C@@H]3CCCO3)cc1)C2. The van der Waals surface area contributed by atoms with Gasteiger partial charge in [0.1, 0.15) is 12.4 Å². The van der Waals surface area contributed by atoms with Gasteiger partial charge in [0.05, 0.1) is 19.8 Å². The number of nitrogens with one attached hydrogen (secondary N) is 2. The molecule has 2 aliphatic rings. The summed E-state index contributed by atoms with van der Waals surface area (Å²) in [5, 5.41) is 6.27. The third kappa shape index (κ3) is 6.55. The number of rotatable bonds is 9. The lowest BCUT2D eigenvalue weighted by molar-refractivity contribution is -0.139. The Balaban J connectivity index is 1.25. The van der Waals surface area contributed by atoms with Crippen LogP contribution in [-0.4, -0.2) is 50.9 Å². The zero-order valence-electron chi connectivity index (χ0n) is 19.1. The van der Waals surface area contributed by atoms with Crippen LogP contribution < -0.4 is 15.4 Å². The zero-order chi connectivity index (χ0) is 23.0. The van der Waals surface area contributed by atoms with Crippen LogP contribution in [0.5, 0.6) is 5.75 Å². The Morgan fingerprint density at radius 2 is 1.94 bits per heavy atom. The number of fused-ring (bicyclic) bond motifs is 1. The maximum atomic E-state index is 12.7. The Hall–Kier alpha value is -2.90. The van der Waals surface area contributed by atoms with Gasteiger partial charge in [-0.2, -0.15) is 0 Å². The fraction of sp³-hybridized carbons (Fsp3) is 0.462. The van der Waals surface area contributed by atoms with E-state index in [1.807, 2.05) is 24.3 Å². The molecule has 33 heavy (non-hydrogen) atoms. The van der Waals surface area contributed by atoms with Gasteiger partial charge in [0.2, 0.25) is 0 Å².